The Morgan fingerprint density at radius 2 is 1.96 bits per heavy atom. The van der Waals surface area contributed by atoms with E-state index in [0.29, 0.717) is 6.42 Å². The molecule has 1 aliphatic carbocycles. The average molecular weight is 359 g/mol. The van der Waals surface area contributed by atoms with Crippen molar-refractivity contribution < 1.29 is 4.79 Å². The van der Waals surface area contributed by atoms with Gasteiger partial charge in [0.25, 0.3) is 0 Å². The minimum absolute atomic E-state index is 0.186. The SMILES string of the molecule is Cc1nn(-c2ccccc2)c2nc3c(cc12)C(=O)C[C@@H](c1cccs1)C3. The van der Waals surface area contributed by atoms with Gasteiger partial charge in [0.2, 0.25) is 0 Å². The van der Waals surface area contributed by atoms with Gasteiger partial charge in [0, 0.05) is 28.2 Å². The number of fused-ring (bicyclic) bond motifs is 2. The molecule has 0 radical (unpaired) electrons. The third-order valence-electron chi connectivity index (χ3n) is 5.04. The molecule has 4 nitrogen and oxygen atoms in total. The zero-order chi connectivity index (χ0) is 17.7. The predicted molar refractivity (Wildman–Crippen MR) is 103 cm³/mol. The van der Waals surface area contributed by atoms with Crippen LogP contribution in [0.2, 0.25) is 0 Å². The summed E-state index contributed by atoms with van der Waals surface area (Å²) in [5, 5.41) is 7.69. The molecule has 0 unspecified atom stereocenters. The van der Waals surface area contributed by atoms with Gasteiger partial charge in [-0.15, -0.1) is 11.3 Å². The number of hydrogen-bond donors (Lipinski definition) is 0. The van der Waals surface area contributed by atoms with Crippen molar-refractivity contribution in [1.82, 2.24) is 14.8 Å². The number of para-hydroxylation sites is 1. The number of ketones is 1. The Balaban J connectivity index is 1.67. The number of nitrogens with zero attached hydrogens (tertiary/aromatic N) is 3. The van der Waals surface area contributed by atoms with Crippen molar-refractivity contribution in [3.8, 4) is 5.69 Å². The van der Waals surface area contributed by atoms with Crippen LogP contribution >= 0.6 is 11.3 Å². The first-order chi connectivity index (χ1) is 12.7. The van der Waals surface area contributed by atoms with Gasteiger partial charge in [0.05, 0.1) is 17.1 Å². The molecule has 0 bridgehead atoms. The van der Waals surface area contributed by atoms with Crippen LogP contribution in [0.4, 0.5) is 0 Å². The molecule has 5 heteroatoms. The van der Waals surface area contributed by atoms with Gasteiger partial charge in [-0.3, -0.25) is 4.79 Å². The van der Waals surface area contributed by atoms with E-state index in [4.69, 9.17) is 4.98 Å². The summed E-state index contributed by atoms with van der Waals surface area (Å²) in [6.07, 6.45) is 1.36. The molecule has 0 N–H and O–H groups in total. The Morgan fingerprint density at radius 1 is 1.12 bits per heavy atom. The molecule has 0 amide bonds. The van der Waals surface area contributed by atoms with Crippen LogP contribution in [0.1, 0.15) is 39.0 Å². The second kappa shape index (κ2) is 5.88. The third kappa shape index (κ3) is 2.39. The summed E-state index contributed by atoms with van der Waals surface area (Å²) in [6, 6.07) is 16.2. The van der Waals surface area contributed by atoms with E-state index in [1.165, 1.54) is 4.88 Å². The minimum atomic E-state index is 0.186. The van der Waals surface area contributed by atoms with Gasteiger partial charge in [-0.05, 0) is 43.0 Å². The zero-order valence-corrected chi connectivity index (χ0v) is 15.2. The molecule has 0 saturated carbocycles. The standard InChI is InChI=1S/C21H17N3OS/c1-13-16-12-17-18(10-14(11-19(17)25)20-8-5-9-26-20)22-21(16)24(23-13)15-6-3-2-4-7-15/h2-9,12,14H,10-11H2,1H3/t14-/m0/s1. The van der Waals surface area contributed by atoms with Crippen LogP contribution in [-0.2, 0) is 6.42 Å². The molecular formula is C21H17N3OS. The number of thiophene rings is 1. The van der Waals surface area contributed by atoms with E-state index in [2.05, 4.69) is 16.5 Å². The normalized spacial score (nSPS) is 16.8. The van der Waals surface area contributed by atoms with Gasteiger partial charge < -0.3 is 0 Å². The van der Waals surface area contributed by atoms with E-state index in [-0.39, 0.29) is 11.7 Å². The number of aryl methyl sites for hydroxylation is 1. The van der Waals surface area contributed by atoms with Crippen LogP contribution in [0.25, 0.3) is 16.7 Å². The van der Waals surface area contributed by atoms with E-state index >= 15 is 0 Å². The Labute approximate surface area is 155 Å². The van der Waals surface area contributed by atoms with Crippen molar-refractivity contribution in [3.05, 3.63) is 75.7 Å². The number of carbonyl (C=O) groups is 1. The van der Waals surface area contributed by atoms with Crippen molar-refractivity contribution in [1.29, 1.82) is 0 Å². The van der Waals surface area contributed by atoms with Gasteiger partial charge >= 0.3 is 0 Å². The number of rotatable bonds is 2. The van der Waals surface area contributed by atoms with Gasteiger partial charge in [-0.25, -0.2) is 9.67 Å². The Kier molecular flexibility index (Phi) is 3.50. The molecule has 0 spiro atoms. The number of benzene rings is 1. The number of pyridine rings is 1. The largest absolute Gasteiger partial charge is 0.294 e. The number of hydrogen-bond acceptors (Lipinski definition) is 4. The van der Waals surface area contributed by atoms with E-state index in [9.17, 15) is 4.79 Å². The lowest BCUT2D eigenvalue weighted by molar-refractivity contribution is 0.0964. The topological polar surface area (TPSA) is 47.8 Å². The summed E-state index contributed by atoms with van der Waals surface area (Å²) in [6.45, 7) is 1.97. The van der Waals surface area contributed by atoms with Crippen LogP contribution in [0.3, 0.4) is 0 Å². The quantitative estimate of drug-likeness (QED) is 0.521. The molecule has 0 aliphatic heterocycles. The van der Waals surface area contributed by atoms with E-state index in [0.717, 1.165) is 40.1 Å². The fourth-order valence-corrected chi connectivity index (χ4v) is 4.56. The molecule has 128 valence electrons. The second-order valence-corrected chi connectivity index (χ2v) is 7.71. The van der Waals surface area contributed by atoms with Crippen molar-refractivity contribution >= 4 is 28.2 Å². The van der Waals surface area contributed by atoms with Gasteiger partial charge in [0.1, 0.15) is 0 Å². The number of Topliss-reactive ketones (excluding diaryl/α,β-unsaturated/α-hetero) is 1. The maximum atomic E-state index is 12.8. The van der Waals surface area contributed by atoms with Crippen molar-refractivity contribution in [3.63, 3.8) is 0 Å². The summed E-state index contributed by atoms with van der Waals surface area (Å²) in [5.74, 6) is 0.417. The molecule has 0 fully saturated rings. The molecule has 1 aromatic carbocycles. The predicted octanol–water partition coefficient (Wildman–Crippen LogP) is 4.70. The lowest BCUT2D eigenvalue weighted by Gasteiger charge is -2.22. The Hall–Kier alpha value is -2.79. The maximum Gasteiger partial charge on any atom is 0.165 e. The highest BCUT2D eigenvalue weighted by atomic mass is 32.1. The van der Waals surface area contributed by atoms with Crippen LogP contribution < -0.4 is 0 Å². The molecule has 26 heavy (non-hydrogen) atoms. The highest BCUT2D eigenvalue weighted by Crippen LogP contribution is 2.35. The first-order valence-corrected chi connectivity index (χ1v) is 9.60. The van der Waals surface area contributed by atoms with Crippen molar-refractivity contribution in [2.24, 2.45) is 0 Å². The Morgan fingerprint density at radius 3 is 2.73 bits per heavy atom. The van der Waals surface area contributed by atoms with E-state index < -0.39 is 0 Å². The maximum absolute atomic E-state index is 12.8. The number of aromatic nitrogens is 3. The Bertz CT molecular complexity index is 1110. The van der Waals surface area contributed by atoms with Crippen LogP contribution in [-0.4, -0.2) is 20.5 Å². The van der Waals surface area contributed by atoms with Crippen LogP contribution in [0.15, 0.2) is 53.9 Å². The van der Waals surface area contributed by atoms with E-state index in [1.54, 1.807) is 11.3 Å². The molecule has 1 atom stereocenters. The molecule has 4 aromatic rings. The summed E-state index contributed by atoms with van der Waals surface area (Å²) in [7, 11) is 0. The first-order valence-electron chi connectivity index (χ1n) is 8.72. The molecule has 0 saturated heterocycles. The highest BCUT2D eigenvalue weighted by molar-refractivity contribution is 7.10. The van der Waals surface area contributed by atoms with Crippen LogP contribution in [0.5, 0.6) is 0 Å². The average Bonchev–Trinajstić information content (AvgIpc) is 3.30. The zero-order valence-electron chi connectivity index (χ0n) is 14.3. The second-order valence-electron chi connectivity index (χ2n) is 6.73. The highest BCUT2D eigenvalue weighted by Gasteiger charge is 2.29. The summed E-state index contributed by atoms with van der Waals surface area (Å²) in [5.41, 5.74) is 4.36. The molecule has 5 rings (SSSR count). The molecule has 1 aliphatic rings. The monoisotopic (exact) mass is 359 g/mol. The van der Waals surface area contributed by atoms with Gasteiger partial charge in [0.15, 0.2) is 11.4 Å². The molecule has 3 aromatic heterocycles. The summed E-state index contributed by atoms with van der Waals surface area (Å²) >= 11 is 1.72. The van der Waals surface area contributed by atoms with Crippen molar-refractivity contribution in [2.75, 3.05) is 0 Å². The summed E-state index contributed by atoms with van der Waals surface area (Å²) in [4.78, 5) is 18.9. The summed E-state index contributed by atoms with van der Waals surface area (Å²) < 4.78 is 1.88. The fourth-order valence-electron chi connectivity index (χ4n) is 3.73. The van der Waals surface area contributed by atoms with Crippen LogP contribution in [0, 0.1) is 6.92 Å². The smallest absolute Gasteiger partial charge is 0.165 e. The third-order valence-corrected chi connectivity index (χ3v) is 6.07. The lowest BCUT2D eigenvalue weighted by atomic mass is 9.84. The van der Waals surface area contributed by atoms with Gasteiger partial charge in [-0.2, -0.15) is 5.10 Å². The van der Waals surface area contributed by atoms with Gasteiger partial charge in [-0.1, -0.05) is 24.3 Å². The molecular weight excluding hydrogens is 342 g/mol. The van der Waals surface area contributed by atoms with Crippen molar-refractivity contribution in [2.45, 2.75) is 25.7 Å². The minimum Gasteiger partial charge on any atom is -0.294 e. The van der Waals surface area contributed by atoms with E-state index in [1.807, 2.05) is 54.1 Å². The molecule has 3 heterocycles. The lowest BCUT2D eigenvalue weighted by Crippen LogP contribution is -2.19. The fraction of sp³-hybridized carbons (Fsp3) is 0.190. The number of carbonyl (C=O) groups excluding carboxylic acids is 1. The first kappa shape index (κ1) is 15.5.